The van der Waals surface area contributed by atoms with E-state index in [1.807, 2.05) is 0 Å². The fourth-order valence-electron chi connectivity index (χ4n) is 0.984. The Balaban J connectivity index is 2.95. The molecule has 1 N–H and O–H groups in total. The molecule has 0 spiro atoms. The molecule has 1 aromatic rings. The molecule has 0 aliphatic heterocycles. The number of hydrogen-bond donors (Lipinski definition) is 1. The third kappa shape index (κ3) is 2.86. The molecule has 1 atom stereocenters. The highest BCUT2D eigenvalue weighted by molar-refractivity contribution is 6.29. The predicted molar refractivity (Wildman–Crippen MR) is 47.7 cm³/mol. The first-order chi connectivity index (χ1) is 6.82. The van der Waals surface area contributed by atoms with E-state index in [-0.39, 0.29) is 5.56 Å². The minimum Gasteiger partial charge on any atom is -0.480 e. The highest BCUT2D eigenvalue weighted by atomic mass is 35.5. The van der Waals surface area contributed by atoms with Crippen molar-refractivity contribution in [2.75, 3.05) is 0 Å². The average Bonchev–Trinajstić information content (AvgIpc) is 2.15. The van der Waals surface area contributed by atoms with Crippen LogP contribution in [0.25, 0.3) is 0 Å². The monoisotopic (exact) mass is 238 g/mol. The first-order valence-electron chi connectivity index (χ1n) is 3.86. The summed E-state index contributed by atoms with van der Waals surface area (Å²) in [6, 6.07) is 3.70. The zero-order valence-corrected chi connectivity index (χ0v) is 8.01. The van der Waals surface area contributed by atoms with Gasteiger partial charge in [-0.25, -0.2) is 0 Å². The Hall–Kier alpha value is -1.23. The maximum absolute atomic E-state index is 12.1. The molecule has 1 rings (SSSR count). The van der Waals surface area contributed by atoms with Gasteiger partial charge in [-0.15, -0.1) is 11.6 Å². The molecule has 15 heavy (non-hydrogen) atoms. The highest BCUT2D eigenvalue weighted by Gasteiger charge is 2.30. The van der Waals surface area contributed by atoms with Crippen molar-refractivity contribution in [3.05, 3.63) is 35.4 Å². The summed E-state index contributed by atoms with van der Waals surface area (Å²) < 4.78 is 36.4. The number of hydrogen-bond acceptors (Lipinski definition) is 1. The largest absolute Gasteiger partial charge is 0.480 e. The van der Waals surface area contributed by atoms with Crippen LogP contribution in [0.1, 0.15) is 16.5 Å². The molecule has 1 unspecified atom stereocenters. The Morgan fingerprint density at radius 2 is 1.73 bits per heavy atom. The van der Waals surface area contributed by atoms with Gasteiger partial charge in [-0.2, -0.15) is 13.2 Å². The molecule has 0 fully saturated rings. The lowest BCUT2D eigenvalue weighted by molar-refractivity contribution is -0.137. The molecule has 1 aromatic carbocycles. The van der Waals surface area contributed by atoms with E-state index in [0.717, 1.165) is 24.3 Å². The number of benzene rings is 1. The van der Waals surface area contributed by atoms with Gasteiger partial charge in [0.05, 0.1) is 5.56 Å². The summed E-state index contributed by atoms with van der Waals surface area (Å²) in [6.45, 7) is 0. The second kappa shape index (κ2) is 4.10. The van der Waals surface area contributed by atoms with Gasteiger partial charge in [-0.05, 0) is 17.7 Å². The summed E-state index contributed by atoms with van der Waals surface area (Å²) in [7, 11) is 0. The van der Waals surface area contributed by atoms with Crippen LogP contribution in [0.2, 0.25) is 0 Å². The SMILES string of the molecule is O=C(O)C(Cl)c1ccc(C(F)(F)F)cc1. The van der Waals surface area contributed by atoms with Gasteiger partial charge in [0.15, 0.2) is 5.38 Å². The van der Waals surface area contributed by atoms with Crippen LogP contribution in [0, 0.1) is 0 Å². The van der Waals surface area contributed by atoms with Crippen molar-refractivity contribution in [3.63, 3.8) is 0 Å². The quantitative estimate of drug-likeness (QED) is 0.804. The molecule has 0 saturated carbocycles. The molecule has 0 aromatic heterocycles. The van der Waals surface area contributed by atoms with Crippen LogP contribution in [0.5, 0.6) is 0 Å². The molecule has 0 radical (unpaired) electrons. The molecule has 0 bridgehead atoms. The Morgan fingerprint density at radius 3 is 2.07 bits per heavy atom. The normalized spacial score (nSPS) is 13.6. The van der Waals surface area contributed by atoms with Crippen molar-refractivity contribution in [2.45, 2.75) is 11.6 Å². The number of aliphatic carboxylic acids is 1. The molecule has 6 heteroatoms. The Morgan fingerprint density at radius 1 is 1.27 bits per heavy atom. The van der Waals surface area contributed by atoms with Crippen molar-refractivity contribution in [1.29, 1.82) is 0 Å². The van der Waals surface area contributed by atoms with Gasteiger partial charge in [-0.3, -0.25) is 4.79 Å². The number of halogens is 4. The lowest BCUT2D eigenvalue weighted by Crippen LogP contribution is -2.07. The van der Waals surface area contributed by atoms with Crippen LogP contribution in [0.15, 0.2) is 24.3 Å². The zero-order chi connectivity index (χ0) is 11.6. The summed E-state index contributed by atoms with van der Waals surface area (Å²) in [5.74, 6) is -1.29. The van der Waals surface area contributed by atoms with Crippen LogP contribution >= 0.6 is 11.6 Å². The fourth-order valence-corrected chi connectivity index (χ4v) is 1.13. The number of carbonyl (C=O) groups is 1. The molecular formula is C9H6ClF3O2. The van der Waals surface area contributed by atoms with Crippen molar-refractivity contribution in [2.24, 2.45) is 0 Å². The Labute approximate surface area is 88.3 Å². The van der Waals surface area contributed by atoms with Gasteiger partial charge in [0, 0.05) is 0 Å². The molecule has 0 aliphatic rings. The first-order valence-corrected chi connectivity index (χ1v) is 4.30. The van der Waals surface area contributed by atoms with Gasteiger partial charge in [0.1, 0.15) is 0 Å². The standard InChI is InChI=1S/C9H6ClF3O2/c10-7(8(14)15)5-1-3-6(4-2-5)9(11,12)13/h1-4,7H,(H,14,15). The second-order valence-electron chi connectivity index (χ2n) is 2.82. The second-order valence-corrected chi connectivity index (χ2v) is 3.26. The highest BCUT2D eigenvalue weighted by Crippen LogP contribution is 2.30. The van der Waals surface area contributed by atoms with Gasteiger partial charge >= 0.3 is 12.1 Å². The predicted octanol–water partition coefficient (Wildman–Crippen LogP) is 3.07. The van der Waals surface area contributed by atoms with Crippen LogP contribution in [0.3, 0.4) is 0 Å². The average molecular weight is 239 g/mol. The molecule has 0 aliphatic carbocycles. The number of carboxylic acids is 1. The van der Waals surface area contributed by atoms with Crippen LogP contribution in [-0.2, 0) is 11.0 Å². The molecule has 0 heterocycles. The van der Waals surface area contributed by atoms with E-state index in [4.69, 9.17) is 16.7 Å². The summed E-state index contributed by atoms with van der Waals surface area (Å²) >= 11 is 5.43. The lowest BCUT2D eigenvalue weighted by atomic mass is 10.1. The van der Waals surface area contributed by atoms with E-state index < -0.39 is 23.1 Å². The van der Waals surface area contributed by atoms with Crippen LogP contribution in [-0.4, -0.2) is 11.1 Å². The smallest absolute Gasteiger partial charge is 0.416 e. The molecule has 82 valence electrons. The Bertz CT molecular complexity index is 359. The number of alkyl halides is 4. The van der Waals surface area contributed by atoms with Crippen molar-refractivity contribution < 1.29 is 23.1 Å². The third-order valence-electron chi connectivity index (χ3n) is 1.75. The maximum atomic E-state index is 12.1. The van der Waals surface area contributed by atoms with Gasteiger partial charge in [0.2, 0.25) is 0 Å². The number of rotatable bonds is 2. The fraction of sp³-hybridized carbons (Fsp3) is 0.222. The van der Waals surface area contributed by atoms with E-state index >= 15 is 0 Å². The van der Waals surface area contributed by atoms with Crippen molar-refractivity contribution >= 4 is 17.6 Å². The van der Waals surface area contributed by atoms with Crippen LogP contribution in [0.4, 0.5) is 13.2 Å². The topological polar surface area (TPSA) is 37.3 Å². The third-order valence-corrected chi connectivity index (χ3v) is 2.19. The maximum Gasteiger partial charge on any atom is 0.416 e. The van der Waals surface area contributed by atoms with Crippen LogP contribution < -0.4 is 0 Å². The minimum absolute atomic E-state index is 0.122. The summed E-state index contributed by atoms with van der Waals surface area (Å²) in [5.41, 5.74) is -0.710. The zero-order valence-electron chi connectivity index (χ0n) is 7.25. The summed E-state index contributed by atoms with van der Waals surface area (Å²) in [6.07, 6.45) is -4.43. The van der Waals surface area contributed by atoms with E-state index in [2.05, 4.69) is 0 Å². The van der Waals surface area contributed by atoms with E-state index in [9.17, 15) is 18.0 Å². The van der Waals surface area contributed by atoms with Gasteiger partial charge in [0.25, 0.3) is 0 Å². The van der Waals surface area contributed by atoms with E-state index in [1.165, 1.54) is 0 Å². The molecule has 0 saturated heterocycles. The minimum atomic E-state index is -4.43. The summed E-state index contributed by atoms with van der Waals surface area (Å²) in [5, 5.41) is 7.18. The number of carboxylic acid groups (broad SMARTS) is 1. The summed E-state index contributed by atoms with van der Waals surface area (Å²) in [4.78, 5) is 10.4. The van der Waals surface area contributed by atoms with E-state index in [1.54, 1.807) is 0 Å². The lowest BCUT2D eigenvalue weighted by Gasteiger charge is -2.08. The molecule has 2 nitrogen and oxygen atoms in total. The van der Waals surface area contributed by atoms with E-state index in [0.29, 0.717) is 0 Å². The van der Waals surface area contributed by atoms with Crippen molar-refractivity contribution in [1.82, 2.24) is 0 Å². The molecular weight excluding hydrogens is 233 g/mol. The van der Waals surface area contributed by atoms with Gasteiger partial charge in [-0.1, -0.05) is 12.1 Å². The molecule has 0 amide bonds. The first kappa shape index (κ1) is 11.8. The van der Waals surface area contributed by atoms with Gasteiger partial charge < -0.3 is 5.11 Å². The van der Waals surface area contributed by atoms with Crippen molar-refractivity contribution in [3.8, 4) is 0 Å². The Kier molecular flexibility index (Phi) is 3.24.